The first-order valence-electron chi connectivity index (χ1n) is 8.63. The number of aromatic amines is 2. The minimum Gasteiger partial charge on any atom is -0.398 e. The van der Waals surface area contributed by atoms with Crippen LogP contribution < -0.4 is 5.73 Å². The van der Waals surface area contributed by atoms with E-state index < -0.39 is 0 Å². The third kappa shape index (κ3) is 3.39. The van der Waals surface area contributed by atoms with E-state index in [0.29, 0.717) is 6.42 Å². The van der Waals surface area contributed by atoms with Crippen LogP contribution in [0.15, 0.2) is 48.8 Å². The molecule has 0 amide bonds. The first-order valence-corrected chi connectivity index (χ1v) is 8.63. The van der Waals surface area contributed by atoms with Gasteiger partial charge in [0, 0.05) is 40.6 Å². The Morgan fingerprint density at radius 2 is 1.46 bits per heavy atom. The number of nitrogens with one attached hydrogen (secondary N) is 2. The van der Waals surface area contributed by atoms with E-state index in [1.165, 1.54) is 10.9 Å². The van der Waals surface area contributed by atoms with E-state index in [4.69, 9.17) is 5.73 Å². The molecule has 0 atom stereocenters. The summed E-state index contributed by atoms with van der Waals surface area (Å²) in [5.41, 5.74) is 10.8. The van der Waals surface area contributed by atoms with E-state index in [9.17, 15) is 10.1 Å². The fourth-order valence-corrected chi connectivity index (χ4v) is 3.06. The third-order valence-electron chi connectivity index (χ3n) is 4.52. The molecule has 0 aliphatic carbocycles. The van der Waals surface area contributed by atoms with Gasteiger partial charge in [-0.1, -0.05) is 13.8 Å². The summed E-state index contributed by atoms with van der Waals surface area (Å²) >= 11 is 0. The number of hydrogen-bond donors (Lipinski definition) is 3. The topological polar surface area (TPSA) is 101 Å². The standard InChI is InChI=1S/C10H10N2O2.C10H12N2/c1-2-7-5-8-3-4-11-9(8)6-10(7)12(13)14;1-2-7-5-8-3-4-12-10(8)6-9(7)11/h3-6,11H,2H2,1H3;3-6,12H,2,11H2,1H3. The molecule has 6 heteroatoms. The maximum absolute atomic E-state index is 10.7. The summed E-state index contributed by atoms with van der Waals surface area (Å²) < 4.78 is 0. The van der Waals surface area contributed by atoms with E-state index >= 15 is 0 Å². The lowest BCUT2D eigenvalue weighted by Gasteiger charge is -2.01. The number of hydrogen-bond acceptors (Lipinski definition) is 3. The molecule has 0 aliphatic rings. The van der Waals surface area contributed by atoms with Crippen LogP contribution in [0.3, 0.4) is 0 Å². The first-order chi connectivity index (χ1) is 12.5. The highest BCUT2D eigenvalue weighted by molar-refractivity contribution is 5.84. The van der Waals surface area contributed by atoms with E-state index in [-0.39, 0.29) is 10.6 Å². The molecule has 0 radical (unpaired) electrons. The number of rotatable bonds is 3. The van der Waals surface area contributed by atoms with Gasteiger partial charge in [-0.15, -0.1) is 0 Å². The summed E-state index contributed by atoms with van der Waals surface area (Å²) in [6.45, 7) is 4.03. The van der Waals surface area contributed by atoms with E-state index in [2.05, 4.69) is 29.0 Å². The maximum atomic E-state index is 10.7. The Bertz CT molecular complexity index is 1060. The normalized spacial score (nSPS) is 10.7. The molecule has 2 heterocycles. The van der Waals surface area contributed by atoms with Crippen LogP contribution in [0, 0.1) is 10.1 Å². The van der Waals surface area contributed by atoms with Crippen molar-refractivity contribution in [2.45, 2.75) is 26.7 Å². The molecule has 4 rings (SSSR count). The molecule has 2 aromatic carbocycles. The Balaban J connectivity index is 0.000000152. The number of aromatic nitrogens is 2. The average molecular weight is 350 g/mol. The summed E-state index contributed by atoms with van der Waals surface area (Å²) in [4.78, 5) is 16.5. The Morgan fingerprint density at radius 1 is 0.923 bits per heavy atom. The van der Waals surface area contributed by atoms with Crippen LogP contribution in [0.2, 0.25) is 0 Å². The number of nitrogen functional groups attached to an aromatic ring is 1. The van der Waals surface area contributed by atoms with Crippen LogP contribution in [0.4, 0.5) is 11.4 Å². The number of nitro benzene ring substituents is 1. The lowest BCUT2D eigenvalue weighted by Crippen LogP contribution is -1.93. The van der Waals surface area contributed by atoms with Gasteiger partial charge in [0.25, 0.3) is 5.69 Å². The van der Waals surface area contributed by atoms with Crippen LogP contribution in [-0.2, 0) is 12.8 Å². The fraction of sp³-hybridized carbons (Fsp3) is 0.200. The van der Waals surface area contributed by atoms with Gasteiger partial charge in [-0.05, 0) is 54.1 Å². The molecule has 0 saturated carbocycles. The van der Waals surface area contributed by atoms with E-state index in [0.717, 1.165) is 34.1 Å². The summed E-state index contributed by atoms with van der Waals surface area (Å²) in [5.74, 6) is 0. The van der Waals surface area contributed by atoms with Gasteiger partial charge >= 0.3 is 0 Å². The van der Waals surface area contributed by atoms with Gasteiger partial charge in [0.15, 0.2) is 0 Å². The number of nitrogens with zero attached hydrogens (tertiary/aromatic N) is 1. The van der Waals surface area contributed by atoms with Crippen molar-refractivity contribution < 1.29 is 4.92 Å². The second-order valence-corrected chi connectivity index (χ2v) is 6.13. The monoisotopic (exact) mass is 350 g/mol. The molecule has 0 aliphatic heterocycles. The Labute approximate surface area is 151 Å². The smallest absolute Gasteiger partial charge is 0.274 e. The molecule has 0 spiro atoms. The summed E-state index contributed by atoms with van der Waals surface area (Å²) in [6.07, 6.45) is 5.39. The molecule has 4 aromatic rings. The highest BCUT2D eigenvalue weighted by Crippen LogP contribution is 2.25. The predicted molar refractivity (Wildman–Crippen MR) is 106 cm³/mol. The molecule has 0 fully saturated rings. The van der Waals surface area contributed by atoms with Gasteiger partial charge in [0.05, 0.1) is 10.4 Å². The number of nitro groups is 1. The minimum atomic E-state index is -0.334. The summed E-state index contributed by atoms with van der Waals surface area (Å²) in [6, 6.07) is 11.6. The number of H-pyrrole nitrogens is 2. The molecule has 6 nitrogen and oxygen atoms in total. The molecule has 0 unspecified atom stereocenters. The van der Waals surface area contributed by atoms with Crippen molar-refractivity contribution in [1.82, 2.24) is 9.97 Å². The largest absolute Gasteiger partial charge is 0.398 e. The number of fused-ring (bicyclic) bond motifs is 2. The number of nitrogens with two attached hydrogens (primary N) is 1. The van der Waals surface area contributed by atoms with Crippen molar-refractivity contribution in [3.63, 3.8) is 0 Å². The second-order valence-electron chi connectivity index (χ2n) is 6.13. The zero-order chi connectivity index (χ0) is 18.7. The van der Waals surface area contributed by atoms with Gasteiger partial charge in [-0.25, -0.2) is 0 Å². The molecular formula is C20H22N4O2. The summed E-state index contributed by atoms with van der Waals surface area (Å²) in [5, 5.41) is 13.0. The van der Waals surface area contributed by atoms with Crippen LogP contribution >= 0.6 is 0 Å². The molecule has 4 N–H and O–H groups in total. The average Bonchev–Trinajstić information content (AvgIpc) is 3.28. The van der Waals surface area contributed by atoms with E-state index in [1.807, 2.05) is 31.3 Å². The lowest BCUT2D eigenvalue weighted by atomic mass is 10.1. The number of anilines is 1. The van der Waals surface area contributed by atoms with Crippen molar-refractivity contribution in [2.24, 2.45) is 0 Å². The van der Waals surface area contributed by atoms with Crippen LogP contribution in [0.25, 0.3) is 21.8 Å². The van der Waals surface area contributed by atoms with Crippen molar-refractivity contribution in [3.05, 3.63) is 70.0 Å². The summed E-state index contributed by atoms with van der Waals surface area (Å²) in [7, 11) is 0. The van der Waals surface area contributed by atoms with E-state index in [1.54, 1.807) is 12.3 Å². The molecule has 2 aromatic heterocycles. The number of benzene rings is 2. The molecule has 0 saturated heterocycles. The van der Waals surface area contributed by atoms with Crippen molar-refractivity contribution >= 4 is 33.2 Å². The SMILES string of the molecule is CCc1cc2cc[nH]c2cc1N.CCc1cc2cc[nH]c2cc1[N+](=O)[O-]. The lowest BCUT2D eigenvalue weighted by molar-refractivity contribution is -0.385. The third-order valence-corrected chi connectivity index (χ3v) is 4.52. The highest BCUT2D eigenvalue weighted by atomic mass is 16.6. The molecule has 0 bridgehead atoms. The van der Waals surface area contributed by atoms with Gasteiger partial charge in [-0.3, -0.25) is 10.1 Å². The van der Waals surface area contributed by atoms with Gasteiger partial charge < -0.3 is 15.7 Å². The Kier molecular flexibility index (Phi) is 4.93. The predicted octanol–water partition coefficient (Wildman–Crippen LogP) is 4.95. The van der Waals surface area contributed by atoms with Crippen LogP contribution in [-0.4, -0.2) is 14.9 Å². The number of aryl methyl sites for hydroxylation is 2. The Morgan fingerprint density at radius 3 is 2.00 bits per heavy atom. The highest BCUT2D eigenvalue weighted by Gasteiger charge is 2.13. The quantitative estimate of drug-likeness (QED) is 0.277. The second kappa shape index (κ2) is 7.31. The maximum Gasteiger partial charge on any atom is 0.274 e. The van der Waals surface area contributed by atoms with Gasteiger partial charge in [-0.2, -0.15) is 0 Å². The minimum absolute atomic E-state index is 0.197. The van der Waals surface area contributed by atoms with Crippen LogP contribution in [0.5, 0.6) is 0 Å². The first kappa shape index (κ1) is 17.5. The molecule has 26 heavy (non-hydrogen) atoms. The van der Waals surface area contributed by atoms with Crippen molar-refractivity contribution in [3.8, 4) is 0 Å². The zero-order valence-corrected chi connectivity index (χ0v) is 14.9. The van der Waals surface area contributed by atoms with Crippen molar-refractivity contribution in [1.29, 1.82) is 0 Å². The Hall–Kier alpha value is -3.28. The molecular weight excluding hydrogens is 328 g/mol. The van der Waals surface area contributed by atoms with Gasteiger partial charge in [0.2, 0.25) is 0 Å². The van der Waals surface area contributed by atoms with Crippen molar-refractivity contribution in [2.75, 3.05) is 5.73 Å². The molecule has 134 valence electrons. The van der Waals surface area contributed by atoms with Crippen LogP contribution in [0.1, 0.15) is 25.0 Å². The van der Waals surface area contributed by atoms with Gasteiger partial charge in [0.1, 0.15) is 0 Å². The zero-order valence-electron chi connectivity index (χ0n) is 14.9. The fourth-order valence-electron chi connectivity index (χ4n) is 3.06.